The molecular weight excluding hydrogens is 372 g/mol. The summed E-state index contributed by atoms with van der Waals surface area (Å²) in [5.74, 6) is -0.265. The van der Waals surface area contributed by atoms with Gasteiger partial charge >= 0.3 is 0 Å². The van der Waals surface area contributed by atoms with Gasteiger partial charge in [0, 0.05) is 10.9 Å². The summed E-state index contributed by atoms with van der Waals surface area (Å²) < 4.78 is 31.9. The summed E-state index contributed by atoms with van der Waals surface area (Å²) in [6, 6.07) is 16.4. The van der Waals surface area contributed by atoms with Crippen LogP contribution in [-0.4, -0.2) is 25.9 Å². The van der Waals surface area contributed by atoms with E-state index in [4.69, 9.17) is 4.74 Å². The van der Waals surface area contributed by atoms with Gasteiger partial charge in [0.25, 0.3) is 15.9 Å². The number of aryl methyl sites for hydroxylation is 1. The van der Waals surface area contributed by atoms with Crippen LogP contribution in [0, 0.1) is 6.92 Å². The van der Waals surface area contributed by atoms with Crippen molar-refractivity contribution in [2.24, 2.45) is 0 Å². The number of nitrogens with zero attached hydrogens (tertiary/aromatic N) is 1. The summed E-state index contributed by atoms with van der Waals surface area (Å²) in [5, 5.41) is 1.78. The number of amides is 1. The van der Waals surface area contributed by atoms with Crippen LogP contribution in [0.3, 0.4) is 0 Å². The first kappa shape index (κ1) is 18.1. The van der Waals surface area contributed by atoms with Gasteiger partial charge in [0.05, 0.1) is 0 Å². The van der Waals surface area contributed by atoms with E-state index in [-0.39, 0.29) is 5.03 Å². The Morgan fingerprint density at radius 2 is 1.92 bits per heavy atom. The molecule has 6 nitrogen and oxygen atoms in total. The molecule has 0 saturated heterocycles. The number of ether oxygens (including phenoxy) is 1. The van der Waals surface area contributed by atoms with Gasteiger partial charge in [0.2, 0.25) is 0 Å². The van der Waals surface area contributed by atoms with Crippen LogP contribution in [0.2, 0.25) is 0 Å². The van der Waals surface area contributed by atoms with Gasteiger partial charge in [-0.25, -0.2) is 9.71 Å². The van der Waals surface area contributed by atoms with E-state index < -0.39 is 22.5 Å². The first-order valence-electron chi connectivity index (χ1n) is 7.70. The molecule has 0 fully saturated rings. The molecule has 3 aromatic rings. The van der Waals surface area contributed by atoms with E-state index >= 15 is 0 Å². The van der Waals surface area contributed by atoms with Gasteiger partial charge < -0.3 is 4.74 Å². The molecule has 0 aliphatic heterocycles. The van der Waals surface area contributed by atoms with Crippen LogP contribution >= 0.6 is 11.3 Å². The summed E-state index contributed by atoms with van der Waals surface area (Å²) in [5.41, 5.74) is 1.79. The van der Waals surface area contributed by atoms with Crippen molar-refractivity contribution in [2.45, 2.75) is 11.9 Å². The highest BCUT2D eigenvalue weighted by Crippen LogP contribution is 2.25. The van der Waals surface area contributed by atoms with E-state index in [0.717, 1.165) is 11.1 Å². The van der Waals surface area contributed by atoms with Gasteiger partial charge in [-0.15, -0.1) is 11.3 Å². The summed E-state index contributed by atoms with van der Waals surface area (Å²) in [4.78, 5) is 16.0. The second-order valence-electron chi connectivity index (χ2n) is 5.49. The average molecular weight is 388 g/mol. The molecule has 1 amide bonds. The van der Waals surface area contributed by atoms with Gasteiger partial charge in [0.15, 0.2) is 11.6 Å². The van der Waals surface area contributed by atoms with Crippen molar-refractivity contribution >= 4 is 27.3 Å². The third kappa shape index (κ3) is 4.47. The van der Waals surface area contributed by atoms with Crippen LogP contribution in [0.25, 0.3) is 10.6 Å². The number of nitrogens with one attached hydrogen (secondary N) is 1. The number of benzene rings is 2. The first-order valence-corrected chi connectivity index (χ1v) is 10.1. The van der Waals surface area contributed by atoms with Crippen molar-refractivity contribution in [3.63, 3.8) is 0 Å². The second-order valence-corrected chi connectivity index (χ2v) is 7.98. The summed E-state index contributed by atoms with van der Waals surface area (Å²) in [6.07, 6.45) is 0. The Morgan fingerprint density at radius 1 is 1.15 bits per heavy atom. The molecule has 0 radical (unpaired) electrons. The standard InChI is InChI=1S/C18H16N2O4S2/c1-13-6-5-9-15(10-13)24-11-16(21)20-26(22,23)17-12-25-18(19-17)14-7-3-2-4-8-14/h2-10,12H,11H2,1H3,(H,20,21). The van der Waals surface area contributed by atoms with Crippen LogP contribution < -0.4 is 9.46 Å². The van der Waals surface area contributed by atoms with Crippen LogP contribution in [0.5, 0.6) is 5.75 Å². The van der Waals surface area contributed by atoms with Crippen molar-refractivity contribution in [1.29, 1.82) is 0 Å². The van der Waals surface area contributed by atoms with E-state index in [1.54, 1.807) is 18.2 Å². The van der Waals surface area contributed by atoms with Crippen LogP contribution in [-0.2, 0) is 14.8 Å². The number of carbonyl (C=O) groups is 1. The Balaban J connectivity index is 1.65. The molecule has 0 aliphatic carbocycles. The molecule has 1 heterocycles. The topological polar surface area (TPSA) is 85.4 Å². The Morgan fingerprint density at radius 3 is 2.65 bits per heavy atom. The fourth-order valence-electron chi connectivity index (χ4n) is 2.18. The smallest absolute Gasteiger partial charge is 0.282 e. The highest BCUT2D eigenvalue weighted by atomic mass is 32.2. The molecule has 1 N–H and O–H groups in total. The number of thiazole rings is 1. The predicted octanol–water partition coefficient (Wildman–Crippen LogP) is 3.00. The molecule has 0 bridgehead atoms. The predicted molar refractivity (Wildman–Crippen MR) is 99.6 cm³/mol. The molecule has 2 aromatic carbocycles. The Labute approximate surface area is 155 Å². The number of rotatable bonds is 6. The number of aromatic nitrogens is 1. The van der Waals surface area contributed by atoms with E-state index in [1.165, 1.54) is 16.7 Å². The van der Waals surface area contributed by atoms with Crippen molar-refractivity contribution < 1.29 is 17.9 Å². The molecule has 0 unspecified atom stereocenters. The molecule has 0 aliphatic rings. The number of hydrogen-bond acceptors (Lipinski definition) is 6. The van der Waals surface area contributed by atoms with Crippen molar-refractivity contribution in [3.05, 3.63) is 65.5 Å². The maximum absolute atomic E-state index is 12.3. The number of hydrogen-bond donors (Lipinski definition) is 1. The Bertz CT molecular complexity index is 1010. The monoisotopic (exact) mass is 388 g/mol. The highest BCUT2D eigenvalue weighted by molar-refractivity contribution is 7.90. The minimum Gasteiger partial charge on any atom is -0.484 e. The highest BCUT2D eigenvalue weighted by Gasteiger charge is 2.21. The molecule has 0 saturated carbocycles. The summed E-state index contributed by atoms with van der Waals surface area (Å²) in [6.45, 7) is 1.49. The molecule has 134 valence electrons. The maximum Gasteiger partial charge on any atom is 0.282 e. The van der Waals surface area contributed by atoms with Gasteiger partial charge in [-0.05, 0) is 24.6 Å². The van der Waals surface area contributed by atoms with E-state index in [9.17, 15) is 13.2 Å². The lowest BCUT2D eigenvalue weighted by molar-refractivity contribution is -0.121. The SMILES string of the molecule is Cc1cccc(OCC(=O)NS(=O)(=O)c2csc(-c3ccccc3)n2)c1. The average Bonchev–Trinajstić information content (AvgIpc) is 3.12. The lowest BCUT2D eigenvalue weighted by atomic mass is 10.2. The fraction of sp³-hybridized carbons (Fsp3) is 0.111. The third-order valence-corrected chi connectivity index (χ3v) is 5.68. The lowest BCUT2D eigenvalue weighted by Gasteiger charge is -2.07. The summed E-state index contributed by atoms with van der Waals surface area (Å²) in [7, 11) is -4.04. The normalized spacial score (nSPS) is 11.1. The van der Waals surface area contributed by atoms with Gasteiger partial charge in [-0.3, -0.25) is 4.79 Å². The minimum absolute atomic E-state index is 0.190. The zero-order valence-corrected chi connectivity index (χ0v) is 15.5. The van der Waals surface area contributed by atoms with Gasteiger partial charge in [-0.1, -0.05) is 42.5 Å². The quantitative estimate of drug-likeness (QED) is 0.702. The largest absolute Gasteiger partial charge is 0.484 e. The second kappa shape index (κ2) is 7.67. The van der Waals surface area contributed by atoms with E-state index in [1.807, 2.05) is 48.0 Å². The molecule has 3 rings (SSSR count). The molecule has 1 aromatic heterocycles. The molecule has 26 heavy (non-hydrogen) atoms. The van der Waals surface area contributed by atoms with Gasteiger partial charge in [0.1, 0.15) is 10.8 Å². The van der Waals surface area contributed by atoms with Crippen LogP contribution in [0.15, 0.2) is 65.0 Å². The first-order chi connectivity index (χ1) is 12.4. The fourth-order valence-corrected chi connectivity index (χ4v) is 4.25. The van der Waals surface area contributed by atoms with Crippen molar-refractivity contribution in [3.8, 4) is 16.3 Å². The van der Waals surface area contributed by atoms with Gasteiger partial charge in [-0.2, -0.15) is 8.42 Å². The Hall–Kier alpha value is -2.71. The van der Waals surface area contributed by atoms with Crippen molar-refractivity contribution in [1.82, 2.24) is 9.71 Å². The molecule has 8 heteroatoms. The number of sulfonamides is 1. The van der Waals surface area contributed by atoms with E-state index in [0.29, 0.717) is 10.8 Å². The third-order valence-electron chi connectivity index (χ3n) is 3.39. The van der Waals surface area contributed by atoms with E-state index in [2.05, 4.69) is 4.98 Å². The maximum atomic E-state index is 12.3. The van der Waals surface area contributed by atoms with Crippen LogP contribution in [0.4, 0.5) is 0 Å². The van der Waals surface area contributed by atoms with Crippen LogP contribution in [0.1, 0.15) is 5.56 Å². The van der Waals surface area contributed by atoms with Crippen molar-refractivity contribution in [2.75, 3.05) is 6.61 Å². The number of carbonyl (C=O) groups excluding carboxylic acids is 1. The minimum atomic E-state index is -4.04. The molecular formula is C18H16N2O4S2. The summed E-state index contributed by atoms with van der Waals surface area (Å²) >= 11 is 1.20. The zero-order chi connectivity index (χ0) is 18.6. The lowest BCUT2D eigenvalue weighted by Crippen LogP contribution is -2.34. The molecule has 0 spiro atoms. The zero-order valence-electron chi connectivity index (χ0n) is 13.9. The Kier molecular flexibility index (Phi) is 5.34. The molecule has 0 atom stereocenters.